The van der Waals surface area contributed by atoms with E-state index >= 15 is 0 Å². The maximum absolute atomic E-state index is 8.50. The fourth-order valence-electron chi connectivity index (χ4n) is 4.48. The van der Waals surface area contributed by atoms with Crippen molar-refractivity contribution in [2.24, 2.45) is 17.8 Å². The van der Waals surface area contributed by atoms with Gasteiger partial charge < -0.3 is 10.1 Å². The lowest BCUT2D eigenvalue weighted by molar-refractivity contribution is -0.0441. The van der Waals surface area contributed by atoms with Crippen molar-refractivity contribution < 1.29 is 14.6 Å². The summed E-state index contributed by atoms with van der Waals surface area (Å²) in [5, 5.41) is 9.17. The number of halogens is 1. The molecule has 226 valence electrons. The molecule has 0 saturated heterocycles. The predicted octanol–water partition coefficient (Wildman–Crippen LogP) is 11.2. The normalized spacial score (nSPS) is 11.6. The lowest BCUT2D eigenvalue weighted by Gasteiger charge is -2.18. The SMILES string of the molecule is C/C=C\c1c(CC(C)C)cccc1Nc1cc(C)cc(C)c1C.CC(C)CC/C=C(/CC(C)C)OC(C)C.OF. The second-order valence-electron chi connectivity index (χ2n) is 12.3. The Hall–Kier alpha value is -2.59. The van der Waals surface area contributed by atoms with Crippen molar-refractivity contribution in [3.8, 4) is 0 Å². The number of nitrogens with one attached hydrogen (secondary N) is 1. The Labute approximate surface area is 245 Å². The van der Waals surface area contributed by atoms with Crippen LogP contribution in [0.2, 0.25) is 0 Å². The Morgan fingerprint density at radius 1 is 0.900 bits per heavy atom. The summed E-state index contributed by atoms with van der Waals surface area (Å²) in [6, 6.07) is 11.1. The first-order valence-electron chi connectivity index (χ1n) is 15.0. The first-order valence-corrected chi connectivity index (χ1v) is 15.0. The third-order valence-corrected chi connectivity index (χ3v) is 6.35. The van der Waals surface area contributed by atoms with Crippen molar-refractivity contribution in [1.82, 2.24) is 0 Å². The van der Waals surface area contributed by atoms with Gasteiger partial charge in [0, 0.05) is 23.4 Å². The van der Waals surface area contributed by atoms with Gasteiger partial charge in [-0.2, -0.15) is 0 Å². The molecule has 0 saturated carbocycles. The van der Waals surface area contributed by atoms with Crippen LogP contribution >= 0.6 is 0 Å². The summed E-state index contributed by atoms with van der Waals surface area (Å²) < 4.78 is 14.3. The Balaban J connectivity index is 0.000000779. The summed E-state index contributed by atoms with van der Waals surface area (Å²) in [5.74, 6) is 3.28. The van der Waals surface area contributed by atoms with Crippen LogP contribution in [0.3, 0.4) is 0 Å². The quantitative estimate of drug-likeness (QED) is 0.256. The average molecular weight is 556 g/mol. The molecule has 0 radical (unpaired) electrons. The molecule has 0 aromatic heterocycles. The molecule has 40 heavy (non-hydrogen) atoms. The minimum atomic E-state index is 0.300. The molecule has 0 aliphatic rings. The van der Waals surface area contributed by atoms with Crippen molar-refractivity contribution >= 4 is 17.5 Å². The molecule has 0 heterocycles. The highest BCUT2D eigenvalue weighted by Gasteiger charge is 2.10. The van der Waals surface area contributed by atoms with E-state index in [0.29, 0.717) is 17.9 Å². The highest BCUT2D eigenvalue weighted by Crippen LogP contribution is 2.30. The maximum Gasteiger partial charge on any atom is 0.0926 e. The van der Waals surface area contributed by atoms with Gasteiger partial charge in [-0.25, -0.2) is 5.31 Å². The highest BCUT2D eigenvalue weighted by atomic mass is 19.3. The molecule has 0 atom stereocenters. The average Bonchev–Trinajstić information content (AvgIpc) is 2.84. The van der Waals surface area contributed by atoms with Crippen LogP contribution in [0.25, 0.3) is 6.08 Å². The van der Waals surface area contributed by atoms with Crippen LogP contribution < -0.4 is 5.32 Å². The van der Waals surface area contributed by atoms with Crippen LogP contribution in [0.1, 0.15) is 109 Å². The smallest absolute Gasteiger partial charge is 0.0926 e. The lowest BCUT2D eigenvalue weighted by Crippen LogP contribution is -2.05. The van der Waals surface area contributed by atoms with Crippen molar-refractivity contribution in [3.05, 3.63) is 76.1 Å². The van der Waals surface area contributed by atoms with Gasteiger partial charge in [0.2, 0.25) is 0 Å². The van der Waals surface area contributed by atoms with Gasteiger partial charge in [-0.05, 0) is 119 Å². The van der Waals surface area contributed by atoms with Gasteiger partial charge in [0.25, 0.3) is 0 Å². The number of hydrogen-bond donors (Lipinski definition) is 2. The van der Waals surface area contributed by atoms with Gasteiger partial charge in [0.15, 0.2) is 0 Å². The van der Waals surface area contributed by atoms with E-state index in [-0.39, 0.29) is 0 Å². The third-order valence-electron chi connectivity index (χ3n) is 6.35. The molecule has 0 unspecified atom stereocenters. The molecule has 2 aromatic carbocycles. The standard InChI is InChI=1S/C22H29N.C14H28O.FHO/c1-7-9-20-19(12-15(2)3)10-8-11-21(20)23-22-14-16(4)13-17(5)18(22)6;1-11(2)8-7-9-14(10-12(3)4)15-13(5)6;1-2/h7-11,13-15,23H,12H2,1-6H3;9,11-13H,7-8,10H2,1-6H3;2H/b9-7-;14-9-;. The number of benzene rings is 2. The van der Waals surface area contributed by atoms with Gasteiger partial charge in [0.1, 0.15) is 0 Å². The molecule has 0 fully saturated rings. The van der Waals surface area contributed by atoms with Crippen LogP contribution in [-0.4, -0.2) is 11.4 Å². The van der Waals surface area contributed by atoms with E-state index in [4.69, 9.17) is 14.6 Å². The van der Waals surface area contributed by atoms with E-state index < -0.39 is 0 Å². The second-order valence-corrected chi connectivity index (χ2v) is 12.3. The van der Waals surface area contributed by atoms with Gasteiger partial charge in [-0.3, -0.25) is 0 Å². The second kappa shape index (κ2) is 20.3. The Morgan fingerprint density at radius 2 is 1.55 bits per heavy atom. The zero-order chi connectivity index (χ0) is 30.8. The van der Waals surface area contributed by atoms with E-state index in [1.165, 1.54) is 51.4 Å². The van der Waals surface area contributed by atoms with Gasteiger partial charge in [0.05, 0.1) is 11.9 Å². The molecule has 2 N–H and O–H groups in total. The van der Waals surface area contributed by atoms with Gasteiger partial charge in [-0.15, -0.1) is 0 Å². The molecule has 2 aromatic rings. The van der Waals surface area contributed by atoms with Crippen molar-refractivity contribution in [3.63, 3.8) is 0 Å². The molecule has 0 aliphatic carbocycles. The van der Waals surface area contributed by atoms with Crippen LogP contribution in [0.15, 0.2) is 48.2 Å². The van der Waals surface area contributed by atoms with Gasteiger partial charge >= 0.3 is 0 Å². The Bertz CT molecular complexity index is 1020. The van der Waals surface area contributed by atoms with E-state index in [1.54, 1.807) is 0 Å². The minimum absolute atomic E-state index is 0.300. The summed E-state index contributed by atoms with van der Waals surface area (Å²) in [7, 11) is 0. The highest BCUT2D eigenvalue weighted by molar-refractivity contribution is 5.76. The summed E-state index contributed by atoms with van der Waals surface area (Å²) in [6.45, 7) is 26.3. The maximum atomic E-state index is 8.50. The van der Waals surface area contributed by atoms with E-state index in [0.717, 1.165) is 25.2 Å². The molecule has 0 amide bonds. The van der Waals surface area contributed by atoms with Crippen LogP contribution in [0.5, 0.6) is 0 Å². The zero-order valence-electron chi connectivity index (χ0n) is 27.5. The Morgan fingerprint density at radius 3 is 2.08 bits per heavy atom. The number of anilines is 2. The molecular formula is C36H58FNO2. The fraction of sp³-hybridized carbons (Fsp3) is 0.556. The molecule has 4 heteroatoms. The predicted molar refractivity (Wildman–Crippen MR) is 175 cm³/mol. The Kier molecular flexibility index (Phi) is 19.0. The summed E-state index contributed by atoms with van der Waals surface area (Å²) >= 11 is 0. The van der Waals surface area contributed by atoms with Crippen molar-refractivity contribution in [2.45, 2.75) is 115 Å². The van der Waals surface area contributed by atoms with E-state index in [2.05, 4.69) is 137 Å². The number of allylic oxidation sites excluding steroid dienone is 3. The molecular weight excluding hydrogens is 497 g/mol. The van der Waals surface area contributed by atoms with Crippen molar-refractivity contribution in [1.29, 1.82) is 0 Å². The number of rotatable bonds is 12. The zero-order valence-corrected chi connectivity index (χ0v) is 27.5. The first-order chi connectivity index (χ1) is 18.8. The fourth-order valence-corrected chi connectivity index (χ4v) is 4.48. The van der Waals surface area contributed by atoms with Crippen LogP contribution in [-0.2, 0) is 11.2 Å². The molecule has 0 bridgehead atoms. The third kappa shape index (κ3) is 15.3. The minimum Gasteiger partial charge on any atom is -0.496 e. The van der Waals surface area contributed by atoms with Gasteiger partial charge in [-0.1, -0.05) is 76.4 Å². The van der Waals surface area contributed by atoms with E-state index in [1.807, 2.05) is 0 Å². The number of ether oxygens (including phenoxy) is 1. The van der Waals surface area contributed by atoms with Crippen LogP contribution in [0, 0.1) is 38.5 Å². The van der Waals surface area contributed by atoms with Crippen LogP contribution in [0.4, 0.5) is 15.9 Å². The number of aryl methyl sites for hydroxylation is 2. The molecule has 0 spiro atoms. The first kappa shape index (κ1) is 37.4. The molecule has 0 aliphatic heterocycles. The largest absolute Gasteiger partial charge is 0.496 e. The summed E-state index contributed by atoms with van der Waals surface area (Å²) in [5.41, 5.74) is 9.05. The van der Waals surface area contributed by atoms with E-state index in [9.17, 15) is 0 Å². The summed E-state index contributed by atoms with van der Waals surface area (Å²) in [6.07, 6.45) is 11.5. The summed E-state index contributed by atoms with van der Waals surface area (Å²) in [4.78, 5) is 0. The van der Waals surface area contributed by atoms with Crippen molar-refractivity contribution in [2.75, 3.05) is 5.32 Å². The number of hydrogen-bond acceptors (Lipinski definition) is 3. The molecule has 2 rings (SSSR count). The lowest BCUT2D eigenvalue weighted by atomic mass is 9.96. The molecule has 3 nitrogen and oxygen atoms in total. The monoisotopic (exact) mass is 555 g/mol. The topological polar surface area (TPSA) is 41.5 Å².